The molecule has 5 aromatic rings. The molecule has 2 aliphatic heterocycles. The first-order chi connectivity index (χ1) is 20.0. The summed E-state index contributed by atoms with van der Waals surface area (Å²) in [5.74, 6) is -0.104. The summed E-state index contributed by atoms with van der Waals surface area (Å²) in [5.41, 5.74) is 4.96. The summed E-state index contributed by atoms with van der Waals surface area (Å²) in [6.45, 7) is 0. The van der Waals surface area contributed by atoms with Gasteiger partial charge in [-0.05, 0) is 83.9 Å². The Morgan fingerprint density at radius 1 is 0.488 bits per heavy atom. The summed E-state index contributed by atoms with van der Waals surface area (Å²) >= 11 is 12.3. The van der Waals surface area contributed by atoms with E-state index in [9.17, 15) is 9.59 Å². The van der Waals surface area contributed by atoms with Crippen LogP contribution in [-0.4, -0.2) is 11.9 Å². The second-order valence-electron chi connectivity index (χ2n) is 9.57. The third-order valence-electron chi connectivity index (χ3n) is 7.08. The van der Waals surface area contributed by atoms with Gasteiger partial charge < -0.3 is 14.4 Å². The van der Waals surface area contributed by atoms with E-state index in [1.165, 1.54) is 0 Å². The van der Waals surface area contributed by atoms with E-state index in [0.29, 0.717) is 48.7 Å². The molecule has 7 heteroatoms. The number of carbonyl (C=O) groups excluding carboxylic acids is 2. The predicted octanol–water partition coefficient (Wildman–Crippen LogP) is 6.70. The smallest absolute Gasteiger partial charge is 0.344 e. The number of anilines is 3. The van der Waals surface area contributed by atoms with Crippen molar-refractivity contribution in [3.63, 3.8) is 0 Å². The number of halogens is 2. The molecular weight excluding hydrogens is 557 g/mol. The Morgan fingerprint density at radius 2 is 0.878 bits per heavy atom. The summed E-state index contributed by atoms with van der Waals surface area (Å²) in [5, 5.41) is 2.46. The largest absolute Gasteiger partial charge is 0.422 e. The van der Waals surface area contributed by atoms with Crippen molar-refractivity contribution in [3.05, 3.63) is 147 Å². The molecule has 0 N–H and O–H groups in total. The second kappa shape index (κ2) is 9.97. The average Bonchev–Trinajstić information content (AvgIpc) is 3.48. The quantitative estimate of drug-likeness (QED) is 0.172. The highest BCUT2D eigenvalue weighted by Gasteiger charge is 2.30. The number of fused-ring (bicyclic) bond motifs is 2. The number of benzene rings is 5. The van der Waals surface area contributed by atoms with Crippen molar-refractivity contribution in [2.75, 3.05) is 4.90 Å². The summed E-state index contributed by atoms with van der Waals surface area (Å²) in [6.07, 6.45) is 0. The third kappa shape index (κ3) is 4.45. The third-order valence-corrected chi connectivity index (χ3v) is 7.58. The molecule has 0 aromatic heterocycles. The van der Waals surface area contributed by atoms with Gasteiger partial charge in [-0.1, -0.05) is 65.7 Å². The molecule has 0 fully saturated rings. The van der Waals surface area contributed by atoms with Gasteiger partial charge in [0.15, 0.2) is 0 Å². The monoisotopic (exact) mass is 575 g/mol. The Balaban J connectivity index is 1.32. The molecule has 41 heavy (non-hydrogen) atoms. The molecule has 2 heterocycles. The van der Waals surface area contributed by atoms with Crippen molar-refractivity contribution in [2.24, 2.45) is 0 Å². The van der Waals surface area contributed by atoms with Crippen molar-refractivity contribution in [2.45, 2.75) is 0 Å². The summed E-state index contributed by atoms with van der Waals surface area (Å²) in [6, 6.07) is 35.4. The fourth-order valence-electron chi connectivity index (χ4n) is 5.20. The molecule has 198 valence electrons. The molecule has 0 spiro atoms. The number of hydrogen-bond acceptors (Lipinski definition) is 5. The number of hydrogen-bond donors (Lipinski definition) is 0. The van der Waals surface area contributed by atoms with Crippen LogP contribution in [0.3, 0.4) is 0 Å². The van der Waals surface area contributed by atoms with Crippen LogP contribution in [0.2, 0.25) is 10.0 Å². The fraction of sp³-hybridized carbons (Fsp3) is 0. The lowest BCUT2D eigenvalue weighted by atomic mass is 10.0. The zero-order chi connectivity index (χ0) is 28.1. The van der Waals surface area contributed by atoms with Crippen LogP contribution in [0.4, 0.5) is 17.1 Å². The lowest BCUT2D eigenvalue weighted by Gasteiger charge is -2.25. The van der Waals surface area contributed by atoms with Gasteiger partial charge in [-0.3, -0.25) is 0 Å². The van der Waals surface area contributed by atoms with E-state index in [1.54, 1.807) is 12.1 Å². The van der Waals surface area contributed by atoms with Gasteiger partial charge in [-0.2, -0.15) is 0 Å². The molecule has 0 bridgehead atoms. The van der Waals surface area contributed by atoms with E-state index >= 15 is 0 Å². The van der Waals surface area contributed by atoms with Gasteiger partial charge in [0.1, 0.15) is 11.5 Å². The van der Waals surface area contributed by atoms with E-state index in [4.69, 9.17) is 32.7 Å². The Bertz CT molecular complexity index is 1920. The minimum absolute atomic E-state index is 0.392. The maximum atomic E-state index is 13.1. The second-order valence-corrected chi connectivity index (χ2v) is 10.4. The van der Waals surface area contributed by atoms with E-state index in [1.807, 2.05) is 103 Å². The zero-order valence-corrected chi connectivity index (χ0v) is 22.8. The van der Waals surface area contributed by atoms with Crippen molar-refractivity contribution in [3.8, 4) is 11.5 Å². The van der Waals surface area contributed by atoms with Crippen LogP contribution >= 0.6 is 23.2 Å². The molecule has 5 aromatic carbocycles. The van der Waals surface area contributed by atoms with Gasteiger partial charge in [0.2, 0.25) is 0 Å². The molecule has 2 aliphatic rings. The number of ether oxygens (including phenoxy) is 2. The van der Waals surface area contributed by atoms with E-state index in [2.05, 4.69) is 4.90 Å². The Hall–Kier alpha value is -4.84. The van der Waals surface area contributed by atoms with Gasteiger partial charge in [-0.25, -0.2) is 9.59 Å². The first kappa shape index (κ1) is 25.1. The molecule has 0 amide bonds. The maximum Gasteiger partial charge on any atom is 0.344 e. The predicted molar refractivity (Wildman–Crippen MR) is 160 cm³/mol. The van der Waals surface area contributed by atoms with Gasteiger partial charge in [0, 0.05) is 37.5 Å². The van der Waals surface area contributed by atoms with E-state index < -0.39 is 11.9 Å². The van der Waals surface area contributed by atoms with Crippen LogP contribution in [-0.2, 0) is 9.59 Å². The van der Waals surface area contributed by atoms with Crippen LogP contribution in [0.5, 0.6) is 11.5 Å². The molecule has 5 nitrogen and oxygen atoms in total. The van der Waals surface area contributed by atoms with Gasteiger partial charge in [0.05, 0.1) is 11.1 Å². The minimum atomic E-state index is -0.462. The average molecular weight is 576 g/mol. The lowest BCUT2D eigenvalue weighted by molar-refractivity contribution is -0.128. The van der Waals surface area contributed by atoms with E-state index in [-0.39, 0.29) is 0 Å². The number of esters is 2. The topological polar surface area (TPSA) is 55.8 Å². The van der Waals surface area contributed by atoms with Crippen LogP contribution in [0, 0.1) is 0 Å². The molecule has 0 atom stereocenters. The summed E-state index contributed by atoms with van der Waals surface area (Å²) in [4.78, 5) is 27.9. The van der Waals surface area contributed by atoms with Crippen molar-refractivity contribution >= 4 is 63.3 Å². The van der Waals surface area contributed by atoms with Crippen LogP contribution in [0.15, 0.2) is 115 Å². The summed E-state index contributed by atoms with van der Waals surface area (Å²) in [7, 11) is 0. The first-order valence-corrected chi connectivity index (χ1v) is 13.6. The fourth-order valence-corrected chi connectivity index (χ4v) is 5.45. The number of rotatable bonds is 5. The Morgan fingerprint density at radius 3 is 1.32 bits per heavy atom. The van der Waals surface area contributed by atoms with Crippen LogP contribution in [0.25, 0.3) is 11.1 Å². The SMILES string of the molecule is O=C1Oc2cc3c(cc2=C1c1ccccc1)OC(=O)C=3c1ccc(N(c2ccc(Cl)cc2)c2ccc(Cl)cc2)cc1. The molecule has 0 aliphatic carbocycles. The van der Waals surface area contributed by atoms with Crippen molar-refractivity contribution < 1.29 is 19.1 Å². The number of nitrogens with zero attached hydrogens (tertiary/aromatic N) is 1. The molecule has 0 saturated carbocycles. The standard InChI is InChI=1S/C34H19Cl2NO4/c35-22-8-14-25(15-9-22)37(26-16-10-23(36)11-17-26)24-12-6-21(7-13-24)32-28-19-29-27(18-30(28)41-34(32)39)31(33(38)40-29)20-4-2-1-3-5-20/h1-19H. The molecule has 0 saturated heterocycles. The number of carbonyl (C=O) groups is 2. The Kier molecular flexibility index (Phi) is 6.11. The highest BCUT2D eigenvalue weighted by molar-refractivity contribution is 6.31. The normalized spacial score (nSPS) is 13.5. The first-order valence-electron chi connectivity index (χ1n) is 12.8. The maximum absolute atomic E-state index is 13.1. The zero-order valence-electron chi connectivity index (χ0n) is 21.3. The Labute approximate surface area is 245 Å². The summed E-state index contributed by atoms with van der Waals surface area (Å²) < 4.78 is 11.3. The van der Waals surface area contributed by atoms with E-state index in [0.717, 1.165) is 22.6 Å². The highest BCUT2D eigenvalue weighted by atomic mass is 35.5. The molecule has 0 radical (unpaired) electrons. The van der Waals surface area contributed by atoms with Crippen LogP contribution in [0.1, 0.15) is 11.1 Å². The van der Waals surface area contributed by atoms with Gasteiger partial charge in [0.25, 0.3) is 0 Å². The molecule has 0 unspecified atom stereocenters. The molecule has 7 rings (SSSR count). The minimum Gasteiger partial charge on any atom is -0.422 e. The molecular formula is C34H19Cl2NO4. The van der Waals surface area contributed by atoms with Crippen molar-refractivity contribution in [1.82, 2.24) is 0 Å². The lowest BCUT2D eigenvalue weighted by Crippen LogP contribution is -2.12. The van der Waals surface area contributed by atoms with Gasteiger partial charge in [-0.15, -0.1) is 0 Å². The van der Waals surface area contributed by atoms with Crippen molar-refractivity contribution in [1.29, 1.82) is 0 Å². The van der Waals surface area contributed by atoms with Crippen LogP contribution < -0.4 is 24.8 Å². The van der Waals surface area contributed by atoms with Gasteiger partial charge >= 0.3 is 11.9 Å². The highest BCUT2D eigenvalue weighted by Crippen LogP contribution is 2.36.